The quantitative estimate of drug-likeness (QED) is 0.158. The number of carboxylic acid groups (broad SMARTS) is 1. The molecule has 0 spiro atoms. The standard InChI is InChI=1S/C20H27N5O6/c1-11(23-19(29)14-5-3-13(4-6-14)18(21)24-31)20(30)25-8-7-15(22-10-17(27)28)9-16(25)12(2)26/h3-6,11,15-16,22,31H,7-10H2,1-2H3,(H2,21,24)(H,23,29)(H,27,28). The van der Waals surface area contributed by atoms with Crippen molar-refractivity contribution in [1.29, 1.82) is 0 Å². The Kier molecular flexibility index (Phi) is 8.08. The zero-order valence-electron chi connectivity index (χ0n) is 17.4. The molecule has 1 aliphatic heterocycles. The second-order valence-corrected chi connectivity index (χ2v) is 7.41. The molecule has 1 aromatic carbocycles. The Balaban J connectivity index is 2.01. The molecule has 2 rings (SSSR count). The van der Waals surface area contributed by atoms with Gasteiger partial charge in [-0.25, -0.2) is 0 Å². The highest BCUT2D eigenvalue weighted by atomic mass is 16.4. The third kappa shape index (κ3) is 6.25. The van der Waals surface area contributed by atoms with Gasteiger partial charge in [-0.3, -0.25) is 19.2 Å². The number of carbonyl (C=O) groups is 4. The minimum atomic E-state index is -0.992. The van der Waals surface area contributed by atoms with Gasteiger partial charge in [0, 0.05) is 23.7 Å². The average molecular weight is 433 g/mol. The van der Waals surface area contributed by atoms with Crippen molar-refractivity contribution in [3.05, 3.63) is 35.4 Å². The zero-order valence-corrected chi connectivity index (χ0v) is 17.4. The van der Waals surface area contributed by atoms with Gasteiger partial charge in [0.15, 0.2) is 11.6 Å². The summed E-state index contributed by atoms with van der Waals surface area (Å²) >= 11 is 0. The van der Waals surface area contributed by atoms with Gasteiger partial charge >= 0.3 is 5.97 Å². The number of benzene rings is 1. The molecule has 31 heavy (non-hydrogen) atoms. The summed E-state index contributed by atoms with van der Waals surface area (Å²) in [6, 6.07) is 4.24. The van der Waals surface area contributed by atoms with Gasteiger partial charge in [0.2, 0.25) is 5.91 Å². The molecule has 6 N–H and O–H groups in total. The lowest BCUT2D eigenvalue weighted by Crippen LogP contribution is -2.58. The molecule has 11 nitrogen and oxygen atoms in total. The van der Waals surface area contributed by atoms with Crippen LogP contribution in [-0.2, 0) is 14.4 Å². The number of carboxylic acids is 1. The maximum Gasteiger partial charge on any atom is 0.317 e. The third-order valence-electron chi connectivity index (χ3n) is 5.17. The van der Waals surface area contributed by atoms with Crippen LogP contribution in [0.15, 0.2) is 29.4 Å². The number of likely N-dealkylation sites (tertiary alicyclic amines) is 1. The van der Waals surface area contributed by atoms with E-state index in [4.69, 9.17) is 16.0 Å². The van der Waals surface area contributed by atoms with Crippen molar-refractivity contribution >= 4 is 29.4 Å². The molecule has 0 aliphatic carbocycles. The molecule has 3 unspecified atom stereocenters. The van der Waals surface area contributed by atoms with Crippen molar-refractivity contribution in [2.75, 3.05) is 13.1 Å². The van der Waals surface area contributed by atoms with Gasteiger partial charge in [0.1, 0.15) is 6.04 Å². The van der Waals surface area contributed by atoms with E-state index in [1.807, 2.05) is 0 Å². The van der Waals surface area contributed by atoms with Crippen molar-refractivity contribution in [1.82, 2.24) is 15.5 Å². The van der Waals surface area contributed by atoms with E-state index in [2.05, 4.69) is 15.8 Å². The van der Waals surface area contributed by atoms with Crippen molar-refractivity contribution in [3.8, 4) is 0 Å². The fourth-order valence-corrected chi connectivity index (χ4v) is 3.47. The summed E-state index contributed by atoms with van der Waals surface area (Å²) < 4.78 is 0. The Bertz CT molecular complexity index is 869. The van der Waals surface area contributed by atoms with E-state index in [1.54, 1.807) is 0 Å². The number of Topliss-reactive ketones (excluding diaryl/α,β-unsaturated/α-hetero) is 1. The summed E-state index contributed by atoms with van der Waals surface area (Å²) in [6.07, 6.45) is 0.809. The SMILES string of the molecule is CC(=O)C1CC(NCC(=O)O)CCN1C(=O)C(C)NC(=O)c1ccc(C(N)=NO)cc1. The van der Waals surface area contributed by atoms with Crippen molar-refractivity contribution in [2.24, 2.45) is 10.9 Å². The van der Waals surface area contributed by atoms with Gasteiger partial charge in [0.05, 0.1) is 12.6 Å². The van der Waals surface area contributed by atoms with E-state index in [1.165, 1.54) is 43.0 Å². The van der Waals surface area contributed by atoms with Crippen LogP contribution >= 0.6 is 0 Å². The Labute approximate surface area is 179 Å². The molecule has 168 valence electrons. The first kappa shape index (κ1) is 23.8. The molecular formula is C20H27N5O6. The predicted octanol–water partition coefficient (Wildman–Crippen LogP) is -0.478. The number of nitrogens with one attached hydrogen (secondary N) is 2. The highest BCUT2D eigenvalue weighted by molar-refractivity contribution is 6.00. The molecule has 11 heteroatoms. The Morgan fingerprint density at radius 3 is 2.39 bits per heavy atom. The number of piperidine rings is 1. The van der Waals surface area contributed by atoms with E-state index in [9.17, 15) is 19.2 Å². The highest BCUT2D eigenvalue weighted by Crippen LogP contribution is 2.20. The van der Waals surface area contributed by atoms with Crippen LogP contribution in [0.5, 0.6) is 0 Å². The minimum Gasteiger partial charge on any atom is -0.480 e. The van der Waals surface area contributed by atoms with Gasteiger partial charge in [-0.1, -0.05) is 17.3 Å². The van der Waals surface area contributed by atoms with Crippen LogP contribution in [0.2, 0.25) is 0 Å². The second kappa shape index (κ2) is 10.5. The van der Waals surface area contributed by atoms with E-state index in [0.717, 1.165) is 0 Å². The average Bonchev–Trinajstić information content (AvgIpc) is 2.76. The smallest absolute Gasteiger partial charge is 0.317 e. The predicted molar refractivity (Wildman–Crippen MR) is 111 cm³/mol. The van der Waals surface area contributed by atoms with Crippen LogP contribution in [-0.4, -0.2) is 75.8 Å². The Morgan fingerprint density at radius 1 is 1.23 bits per heavy atom. The third-order valence-corrected chi connectivity index (χ3v) is 5.17. The van der Waals surface area contributed by atoms with Gasteiger partial charge < -0.3 is 31.6 Å². The topological polar surface area (TPSA) is 174 Å². The molecular weight excluding hydrogens is 406 g/mol. The largest absolute Gasteiger partial charge is 0.480 e. The fraction of sp³-hybridized carbons (Fsp3) is 0.450. The highest BCUT2D eigenvalue weighted by Gasteiger charge is 2.36. The van der Waals surface area contributed by atoms with Crippen LogP contribution in [0.25, 0.3) is 0 Å². The van der Waals surface area contributed by atoms with E-state index >= 15 is 0 Å². The van der Waals surface area contributed by atoms with Crippen LogP contribution in [0.3, 0.4) is 0 Å². The second-order valence-electron chi connectivity index (χ2n) is 7.41. The number of aliphatic carboxylic acids is 1. The number of nitrogens with zero attached hydrogens (tertiary/aromatic N) is 2. The van der Waals surface area contributed by atoms with Gasteiger partial charge in [-0.2, -0.15) is 0 Å². The molecule has 3 atom stereocenters. The van der Waals surface area contributed by atoms with Crippen molar-refractivity contribution < 1.29 is 29.5 Å². The molecule has 1 saturated heterocycles. The Morgan fingerprint density at radius 2 is 1.84 bits per heavy atom. The zero-order chi connectivity index (χ0) is 23.1. The number of oxime groups is 1. The summed E-state index contributed by atoms with van der Waals surface area (Å²) in [4.78, 5) is 49.7. The molecule has 1 aliphatic rings. The maximum absolute atomic E-state index is 12.9. The summed E-state index contributed by atoms with van der Waals surface area (Å²) in [5.74, 6) is -2.16. The molecule has 0 saturated carbocycles. The maximum atomic E-state index is 12.9. The number of rotatable bonds is 8. The van der Waals surface area contributed by atoms with E-state index < -0.39 is 29.9 Å². The minimum absolute atomic E-state index is 0.0907. The van der Waals surface area contributed by atoms with Crippen LogP contribution < -0.4 is 16.4 Å². The molecule has 0 aromatic heterocycles. The molecule has 1 fully saturated rings. The van der Waals surface area contributed by atoms with Crippen LogP contribution in [0, 0.1) is 0 Å². The first-order valence-corrected chi connectivity index (χ1v) is 9.79. The number of ketones is 1. The summed E-state index contributed by atoms with van der Waals surface area (Å²) in [5.41, 5.74) is 6.22. The molecule has 1 aromatic rings. The number of amidine groups is 1. The van der Waals surface area contributed by atoms with Crippen molar-refractivity contribution in [2.45, 2.75) is 44.8 Å². The Hall–Kier alpha value is -3.47. The van der Waals surface area contributed by atoms with Gasteiger partial charge in [-0.05, 0) is 38.8 Å². The molecule has 2 amide bonds. The summed E-state index contributed by atoms with van der Waals surface area (Å²) in [5, 5.41) is 25.9. The monoisotopic (exact) mass is 433 g/mol. The van der Waals surface area contributed by atoms with Crippen LogP contribution in [0.4, 0.5) is 0 Å². The first-order valence-electron chi connectivity index (χ1n) is 9.79. The number of carbonyl (C=O) groups excluding carboxylic acids is 3. The van der Waals surface area contributed by atoms with Gasteiger partial charge in [0.25, 0.3) is 5.91 Å². The molecule has 1 heterocycles. The number of nitrogens with two attached hydrogens (primary N) is 1. The van der Waals surface area contributed by atoms with E-state index in [-0.39, 0.29) is 36.3 Å². The molecule has 0 radical (unpaired) electrons. The lowest BCUT2D eigenvalue weighted by molar-refractivity contribution is -0.142. The van der Waals surface area contributed by atoms with E-state index in [0.29, 0.717) is 18.4 Å². The van der Waals surface area contributed by atoms with Gasteiger partial charge in [-0.15, -0.1) is 0 Å². The van der Waals surface area contributed by atoms with Crippen LogP contribution in [0.1, 0.15) is 42.6 Å². The molecule has 0 bridgehead atoms. The first-order chi connectivity index (χ1) is 14.6. The van der Waals surface area contributed by atoms with Crippen molar-refractivity contribution in [3.63, 3.8) is 0 Å². The fourth-order valence-electron chi connectivity index (χ4n) is 3.47. The normalized spacial score (nSPS) is 20.1. The summed E-state index contributed by atoms with van der Waals surface area (Å²) in [6.45, 7) is 2.98. The summed E-state index contributed by atoms with van der Waals surface area (Å²) in [7, 11) is 0. The number of amides is 2. The number of hydrogen-bond acceptors (Lipinski definition) is 7. The number of hydrogen-bond donors (Lipinski definition) is 5. The lowest BCUT2D eigenvalue weighted by atomic mass is 9.94. The lowest BCUT2D eigenvalue weighted by Gasteiger charge is -2.39.